The quantitative estimate of drug-likeness (QED) is 0.488. The number of carbonyl (C=O) groups is 2. The van der Waals surface area contributed by atoms with Crippen LogP contribution in [0.15, 0.2) is 60.7 Å². The highest BCUT2D eigenvalue weighted by Crippen LogP contribution is 2.08. The molecule has 3 atom stereocenters. The summed E-state index contributed by atoms with van der Waals surface area (Å²) in [7, 11) is 0. The first kappa shape index (κ1) is 23.6. The van der Waals surface area contributed by atoms with Gasteiger partial charge in [-0.3, -0.25) is 0 Å². The molecule has 2 aromatic carbocycles. The number of rotatable bonds is 12. The molecule has 0 aromatic heterocycles. The lowest BCUT2D eigenvalue weighted by Crippen LogP contribution is -2.28. The highest BCUT2D eigenvalue weighted by atomic mass is 16.6. The van der Waals surface area contributed by atoms with Crippen molar-refractivity contribution in [1.29, 1.82) is 0 Å². The highest BCUT2D eigenvalue weighted by Gasteiger charge is 2.19. The molecule has 6 heteroatoms. The third-order valence-corrected chi connectivity index (χ3v) is 4.44. The average molecular weight is 414 g/mol. The molecule has 0 radical (unpaired) electrons. The van der Waals surface area contributed by atoms with Crippen molar-refractivity contribution in [3.63, 3.8) is 0 Å². The molecule has 0 saturated carbocycles. The van der Waals surface area contributed by atoms with Crippen molar-refractivity contribution in [2.75, 3.05) is 6.61 Å². The molecular formula is C24H30O6. The minimum Gasteiger partial charge on any atom is -0.464 e. The molecule has 0 aliphatic rings. The van der Waals surface area contributed by atoms with Crippen LogP contribution in [0, 0.1) is 0 Å². The Morgan fingerprint density at radius 1 is 0.733 bits per heavy atom. The van der Waals surface area contributed by atoms with E-state index in [2.05, 4.69) is 0 Å². The topological polar surface area (TPSA) is 71.1 Å². The van der Waals surface area contributed by atoms with Gasteiger partial charge in [-0.15, -0.1) is 0 Å². The monoisotopic (exact) mass is 414 g/mol. The first-order valence-corrected chi connectivity index (χ1v) is 10.1. The summed E-state index contributed by atoms with van der Waals surface area (Å²) in [6.07, 6.45) is -1.35. The third kappa shape index (κ3) is 8.76. The summed E-state index contributed by atoms with van der Waals surface area (Å²) in [6.45, 7) is 5.89. The van der Waals surface area contributed by atoms with Crippen LogP contribution in [0.3, 0.4) is 0 Å². The van der Waals surface area contributed by atoms with Crippen molar-refractivity contribution < 1.29 is 28.5 Å². The zero-order valence-corrected chi connectivity index (χ0v) is 17.8. The van der Waals surface area contributed by atoms with Crippen molar-refractivity contribution in [3.05, 3.63) is 71.8 Å². The first-order valence-electron chi connectivity index (χ1n) is 10.1. The smallest absolute Gasteiger partial charge is 0.335 e. The molecular weight excluding hydrogens is 384 g/mol. The fourth-order valence-corrected chi connectivity index (χ4v) is 2.52. The maximum atomic E-state index is 12.1. The lowest BCUT2D eigenvalue weighted by molar-refractivity contribution is -0.164. The molecule has 0 spiro atoms. The molecule has 30 heavy (non-hydrogen) atoms. The molecule has 162 valence electrons. The molecule has 0 heterocycles. The van der Waals surface area contributed by atoms with E-state index in [4.69, 9.17) is 18.9 Å². The van der Waals surface area contributed by atoms with E-state index >= 15 is 0 Å². The van der Waals surface area contributed by atoms with E-state index in [-0.39, 0.29) is 6.61 Å². The molecule has 0 bridgehead atoms. The van der Waals surface area contributed by atoms with E-state index in [1.165, 1.54) is 0 Å². The number of carbonyl (C=O) groups excluding carboxylic acids is 2. The molecule has 0 aliphatic carbocycles. The van der Waals surface area contributed by atoms with Gasteiger partial charge < -0.3 is 18.9 Å². The number of esters is 2. The summed E-state index contributed by atoms with van der Waals surface area (Å²) in [5, 5.41) is 0. The molecule has 2 aromatic rings. The predicted octanol–water partition coefficient (Wildman–Crippen LogP) is 4.06. The predicted molar refractivity (Wildman–Crippen MR) is 113 cm³/mol. The molecule has 2 rings (SSSR count). The zero-order chi connectivity index (χ0) is 21.8. The van der Waals surface area contributed by atoms with Crippen molar-refractivity contribution >= 4 is 11.9 Å². The lowest BCUT2D eigenvalue weighted by atomic mass is 10.2. The summed E-state index contributed by atoms with van der Waals surface area (Å²) < 4.78 is 21.7. The minimum absolute atomic E-state index is 0.144. The van der Waals surface area contributed by atoms with Gasteiger partial charge in [0.2, 0.25) is 0 Å². The van der Waals surface area contributed by atoms with E-state index in [9.17, 15) is 9.59 Å². The zero-order valence-electron chi connectivity index (χ0n) is 17.8. The van der Waals surface area contributed by atoms with Gasteiger partial charge in [-0.25, -0.2) is 9.59 Å². The molecule has 0 aliphatic heterocycles. The van der Waals surface area contributed by atoms with Gasteiger partial charge in [0.05, 0.1) is 19.8 Å². The maximum absolute atomic E-state index is 12.1. The molecule has 0 fully saturated rings. The Kier molecular flexibility index (Phi) is 10.0. The van der Waals surface area contributed by atoms with E-state index in [1.807, 2.05) is 60.7 Å². The Morgan fingerprint density at radius 3 is 1.70 bits per heavy atom. The van der Waals surface area contributed by atoms with E-state index < -0.39 is 30.3 Å². The van der Waals surface area contributed by atoms with Crippen LogP contribution in [0.5, 0.6) is 0 Å². The standard InChI is InChI=1S/C24H30O6/c1-18(30-24(26)20(3)29-17-22-12-8-5-9-13-22)14-15-27-23(25)19(2)28-16-21-10-6-4-7-11-21/h4-13,18-20H,14-17H2,1-3H3/t18-,19+,20?/m1/s1. The number of benzene rings is 2. The van der Waals surface area contributed by atoms with Gasteiger partial charge in [0.1, 0.15) is 6.10 Å². The summed E-state index contributed by atoms with van der Waals surface area (Å²) in [5.41, 5.74) is 1.97. The first-order chi connectivity index (χ1) is 14.5. The van der Waals surface area contributed by atoms with Gasteiger partial charge in [-0.1, -0.05) is 60.7 Å². The highest BCUT2D eigenvalue weighted by molar-refractivity contribution is 5.74. The Hall–Kier alpha value is -2.70. The normalized spacial score (nSPS) is 13.8. The fourth-order valence-electron chi connectivity index (χ4n) is 2.52. The van der Waals surface area contributed by atoms with E-state index in [0.717, 1.165) is 11.1 Å². The number of hydrogen-bond donors (Lipinski definition) is 0. The average Bonchev–Trinajstić information content (AvgIpc) is 2.77. The van der Waals surface area contributed by atoms with Crippen molar-refractivity contribution in [2.45, 2.75) is 58.7 Å². The van der Waals surface area contributed by atoms with Gasteiger partial charge in [0.15, 0.2) is 12.2 Å². The second kappa shape index (κ2) is 12.8. The fraction of sp³-hybridized carbons (Fsp3) is 0.417. The molecule has 0 N–H and O–H groups in total. The molecule has 0 saturated heterocycles. The molecule has 1 unspecified atom stereocenters. The van der Waals surface area contributed by atoms with Crippen LogP contribution < -0.4 is 0 Å². The summed E-state index contributed by atoms with van der Waals surface area (Å²) in [5.74, 6) is -0.881. The number of hydrogen-bond acceptors (Lipinski definition) is 6. The SMILES string of the molecule is CC(OCc1ccccc1)C(=O)O[C@H](C)CCOC(=O)[C@H](C)OCc1ccccc1. The van der Waals surface area contributed by atoms with E-state index in [1.54, 1.807) is 20.8 Å². The minimum atomic E-state index is -0.679. The third-order valence-electron chi connectivity index (χ3n) is 4.44. The van der Waals surface area contributed by atoms with Crippen LogP contribution in [0.4, 0.5) is 0 Å². The number of ether oxygens (including phenoxy) is 4. The lowest BCUT2D eigenvalue weighted by Gasteiger charge is -2.18. The van der Waals surface area contributed by atoms with Crippen molar-refractivity contribution in [1.82, 2.24) is 0 Å². The van der Waals surface area contributed by atoms with Gasteiger partial charge in [0.25, 0.3) is 0 Å². The van der Waals surface area contributed by atoms with Crippen LogP contribution in [-0.2, 0) is 41.8 Å². The van der Waals surface area contributed by atoms with Crippen molar-refractivity contribution in [2.24, 2.45) is 0 Å². The summed E-state index contributed by atoms with van der Waals surface area (Å²) in [6, 6.07) is 19.2. The Balaban J connectivity index is 1.60. The maximum Gasteiger partial charge on any atom is 0.335 e. The molecule has 0 amide bonds. The second-order valence-electron chi connectivity index (χ2n) is 7.08. The van der Waals surface area contributed by atoms with E-state index in [0.29, 0.717) is 19.6 Å². The second-order valence-corrected chi connectivity index (χ2v) is 7.08. The Bertz CT molecular complexity index is 762. The van der Waals surface area contributed by atoms with Gasteiger partial charge in [-0.2, -0.15) is 0 Å². The Labute approximate surface area is 178 Å². The van der Waals surface area contributed by atoms with Crippen LogP contribution >= 0.6 is 0 Å². The largest absolute Gasteiger partial charge is 0.464 e. The van der Waals surface area contributed by atoms with Gasteiger partial charge >= 0.3 is 11.9 Å². The van der Waals surface area contributed by atoms with Gasteiger partial charge in [-0.05, 0) is 31.9 Å². The van der Waals surface area contributed by atoms with Crippen molar-refractivity contribution in [3.8, 4) is 0 Å². The Morgan fingerprint density at radius 2 is 1.20 bits per heavy atom. The van der Waals surface area contributed by atoms with Crippen LogP contribution in [-0.4, -0.2) is 36.9 Å². The van der Waals surface area contributed by atoms with Crippen LogP contribution in [0.1, 0.15) is 38.3 Å². The van der Waals surface area contributed by atoms with Crippen LogP contribution in [0.2, 0.25) is 0 Å². The van der Waals surface area contributed by atoms with Gasteiger partial charge in [0, 0.05) is 6.42 Å². The summed E-state index contributed by atoms with van der Waals surface area (Å²) >= 11 is 0. The molecule has 6 nitrogen and oxygen atoms in total. The van der Waals surface area contributed by atoms with Crippen LogP contribution in [0.25, 0.3) is 0 Å². The summed E-state index contributed by atoms with van der Waals surface area (Å²) in [4.78, 5) is 24.1.